The van der Waals surface area contributed by atoms with Gasteiger partial charge in [-0.15, -0.1) is 0 Å². The third kappa shape index (κ3) is 1.93. The molecule has 2 rings (SSSR count). The van der Waals surface area contributed by atoms with Gasteiger partial charge in [0.05, 0.1) is 11.6 Å². The van der Waals surface area contributed by atoms with Crippen LogP contribution in [0.15, 0.2) is 23.0 Å². The van der Waals surface area contributed by atoms with E-state index < -0.39 is 5.41 Å². The molecular formula is C16H22N2O2. The summed E-state index contributed by atoms with van der Waals surface area (Å²) in [4.78, 5) is 13.4. The largest absolute Gasteiger partial charge is 0.510 e. The predicted octanol–water partition coefficient (Wildman–Crippen LogP) is 2.94. The smallest absolute Gasteiger partial charge is 0.219 e. The summed E-state index contributed by atoms with van der Waals surface area (Å²) >= 11 is 0. The maximum absolute atomic E-state index is 11.6. The van der Waals surface area contributed by atoms with Crippen LogP contribution in [0, 0.1) is 22.2 Å². The van der Waals surface area contributed by atoms with Crippen molar-refractivity contribution >= 4 is 5.91 Å². The summed E-state index contributed by atoms with van der Waals surface area (Å²) < 4.78 is 0. The van der Waals surface area contributed by atoms with Gasteiger partial charge >= 0.3 is 0 Å². The van der Waals surface area contributed by atoms with Gasteiger partial charge in [-0.25, -0.2) is 0 Å². The van der Waals surface area contributed by atoms with E-state index in [0.29, 0.717) is 25.1 Å². The average Bonchev–Trinajstić information content (AvgIpc) is 2.42. The summed E-state index contributed by atoms with van der Waals surface area (Å²) in [5, 5.41) is 19.8. The van der Waals surface area contributed by atoms with Crippen LogP contribution >= 0.6 is 0 Å². The Hall–Kier alpha value is -1.76. The van der Waals surface area contributed by atoms with Crippen molar-refractivity contribution in [2.45, 2.75) is 40.5 Å². The van der Waals surface area contributed by atoms with E-state index in [2.05, 4.69) is 19.1 Å². The van der Waals surface area contributed by atoms with Gasteiger partial charge in [0, 0.05) is 30.8 Å². The number of allylic oxidation sites excluding steroid dienone is 2. The summed E-state index contributed by atoms with van der Waals surface area (Å²) in [7, 11) is 0. The summed E-state index contributed by atoms with van der Waals surface area (Å²) in [6, 6.07) is 2.14. The van der Waals surface area contributed by atoms with Crippen molar-refractivity contribution < 1.29 is 9.90 Å². The van der Waals surface area contributed by atoms with Crippen molar-refractivity contribution in [1.82, 2.24) is 4.90 Å². The quantitative estimate of drug-likeness (QED) is 0.748. The van der Waals surface area contributed by atoms with Crippen molar-refractivity contribution in [2.75, 3.05) is 13.1 Å². The molecule has 1 aliphatic heterocycles. The van der Waals surface area contributed by atoms with Gasteiger partial charge in [-0.3, -0.25) is 4.79 Å². The second-order valence-corrected chi connectivity index (χ2v) is 6.38. The van der Waals surface area contributed by atoms with Crippen LogP contribution in [0.4, 0.5) is 0 Å². The minimum absolute atomic E-state index is 0.0528. The summed E-state index contributed by atoms with van der Waals surface area (Å²) in [6.07, 6.45) is 3.31. The minimum atomic E-state index is -0.485. The number of carbonyl (C=O) groups excluding carboxylic acids is 1. The van der Waals surface area contributed by atoms with E-state index in [9.17, 15) is 15.2 Å². The molecule has 0 bridgehead atoms. The van der Waals surface area contributed by atoms with Gasteiger partial charge in [0.2, 0.25) is 5.91 Å². The standard InChI is InChI=1S/C16H22N2O2/c1-5-16(4)13-6-7-18(11(2)19)10-15(13,3)8-12(9-17)14(16)20/h6,20H,5,7-8,10H2,1-4H3/t15-,16-/m0/s1. The molecule has 0 fully saturated rings. The lowest BCUT2D eigenvalue weighted by atomic mass is 9.58. The van der Waals surface area contributed by atoms with Crippen LogP contribution in [-0.2, 0) is 4.79 Å². The zero-order valence-electron chi connectivity index (χ0n) is 12.7. The highest BCUT2D eigenvalue weighted by atomic mass is 16.3. The van der Waals surface area contributed by atoms with E-state index in [1.54, 1.807) is 11.8 Å². The molecule has 0 aromatic rings. The fourth-order valence-corrected chi connectivity index (χ4v) is 3.69. The van der Waals surface area contributed by atoms with E-state index in [-0.39, 0.29) is 17.1 Å². The molecule has 4 nitrogen and oxygen atoms in total. The Bertz CT molecular complexity index is 555. The maximum Gasteiger partial charge on any atom is 0.219 e. The monoisotopic (exact) mass is 274 g/mol. The molecule has 0 unspecified atom stereocenters. The molecular weight excluding hydrogens is 252 g/mol. The number of carbonyl (C=O) groups is 1. The van der Waals surface area contributed by atoms with Crippen molar-refractivity contribution in [3.8, 4) is 6.07 Å². The zero-order valence-corrected chi connectivity index (χ0v) is 12.7. The fourth-order valence-electron chi connectivity index (χ4n) is 3.69. The number of rotatable bonds is 1. The summed E-state index contributed by atoms with van der Waals surface area (Å²) in [5.74, 6) is 0.263. The van der Waals surface area contributed by atoms with Gasteiger partial charge in [-0.1, -0.05) is 25.5 Å². The number of hydrogen-bond donors (Lipinski definition) is 1. The average molecular weight is 274 g/mol. The number of aliphatic hydroxyl groups is 1. The molecule has 20 heavy (non-hydrogen) atoms. The van der Waals surface area contributed by atoms with Gasteiger partial charge in [-0.2, -0.15) is 5.26 Å². The molecule has 0 aromatic heterocycles. The number of nitrogens with zero attached hydrogens (tertiary/aromatic N) is 2. The molecule has 1 heterocycles. The number of nitriles is 1. The molecule has 2 aliphatic rings. The fraction of sp³-hybridized carbons (Fsp3) is 0.625. The highest BCUT2D eigenvalue weighted by Crippen LogP contribution is 2.55. The van der Waals surface area contributed by atoms with Crippen LogP contribution < -0.4 is 0 Å². The van der Waals surface area contributed by atoms with E-state index in [1.165, 1.54) is 5.57 Å². The van der Waals surface area contributed by atoms with E-state index in [1.807, 2.05) is 13.8 Å². The molecule has 108 valence electrons. The highest BCUT2D eigenvalue weighted by Gasteiger charge is 2.50. The lowest BCUT2D eigenvalue weighted by Crippen LogP contribution is -2.49. The molecule has 1 aliphatic carbocycles. The van der Waals surface area contributed by atoms with E-state index in [0.717, 1.165) is 6.42 Å². The molecule has 4 heteroatoms. The van der Waals surface area contributed by atoms with Crippen LogP contribution in [0.25, 0.3) is 0 Å². The minimum Gasteiger partial charge on any atom is -0.510 e. The lowest BCUT2D eigenvalue weighted by Gasteiger charge is -2.50. The van der Waals surface area contributed by atoms with Crippen LogP contribution in [0.2, 0.25) is 0 Å². The Labute approximate surface area is 120 Å². The van der Waals surface area contributed by atoms with Crippen LogP contribution in [0.5, 0.6) is 0 Å². The third-order valence-electron chi connectivity index (χ3n) is 4.96. The highest BCUT2D eigenvalue weighted by molar-refractivity contribution is 5.74. The second kappa shape index (κ2) is 4.66. The van der Waals surface area contributed by atoms with Crippen LogP contribution in [0.3, 0.4) is 0 Å². The van der Waals surface area contributed by atoms with Gasteiger partial charge in [0.1, 0.15) is 5.76 Å². The second-order valence-electron chi connectivity index (χ2n) is 6.38. The van der Waals surface area contributed by atoms with Crippen LogP contribution in [0.1, 0.15) is 40.5 Å². The van der Waals surface area contributed by atoms with Gasteiger partial charge in [0.15, 0.2) is 0 Å². The molecule has 1 N–H and O–H groups in total. The Morgan fingerprint density at radius 3 is 2.70 bits per heavy atom. The Kier molecular flexibility index (Phi) is 3.41. The first-order valence-corrected chi connectivity index (χ1v) is 7.08. The number of fused-ring (bicyclic) bond motifs is 1. The molecule has 1 amide bonds. The predicted molar refractivity (Wildman–Crippen MR) is 76.7 cm³/mol. The van der Waals surface area contributed by atoms with Crippen LogP contribution in [-0.4, -0.2) is 29.0 Å². The van der Waals surface area contributed by atoms with Crippen molar-refractivity contribution in [1.29, 1.82) is 5.26 Å². The maximum atomic E-state index is 11.6. The first kappa shape index (κ1) is 14.6. The van der Waals surface area contributed by atoms with E-state index in [4.69, 9.17) is 0 Å². The van der Waals surface area contributed by atoms with Gasteiger partial charge < -0.3 is 10.0 Å². The number of amides is 1. The Morgan fingerprint density at radius 2 is 2.20 bits per heavy atom. The van der Waals surface area contributed by atoms with Crippen molar-refractivity contribution in [2.24, 2.45) is 10.8 Å². The Balaban J connectivity index is 2.56. The van der Waals surface area contributed by atoms with Gasteiger partial charge in [-0.05, 0) is 19.8 Å². The van der Waals surface area contributed by atoms with Crippen molar-refractivity contribution in [3.63, 3.8) is 0 Å². The SMILES string of the molecule is CC[C@@]1(C)C2=CCN(C(C)=O)C[C@]2(C)CC(C#N)=C1O. The van der Waals surface area contributed by atoms with Gasteiger partial charge in [0.25, 0.3) is 0 Å². The number of aliphatic hydroxyl groups excluding tert-OH is 1. The first-order valence-electron chi connectivity index (χ1n) is 7.08. The lowest BCUT2D eigenvalue weighted by molar-refractivity contribution is -0.130. The zero-order chi connectivity index (χ0) is 15.1. The molecule has 0 aromatic carbocycles. The normalized spacial score (nSPS) is 33.4. The molecule has 0 spiro atoms. The molecule has 0 saturated carbocycles. The molecule has 0 saturated heterocycles. The first-order chi connectivity index (χ1) is 9.28. The third-order valence-corrected chi connectivity index (χ3v) is 4.96. The molecule has 2 atom stereocenters. The topological polar surface area (TPSA) is 64.3 Å². The summed E-state index contributed by atoms with van der Waals surface area (Å²) in [5.41, 5.74) is 0.883. The Morgan fingerprint density at radius 1 is 1.55 bits per heavy atom. The summed E-state index contributed by atoms with van der Waals surface area (Å²) in [6.45, 7) is 8.88. The van der Waals surface area contributed by atoms with Crippen molar-refractivity contribution in [3.05, 3.63) is 23.0 Å². The van der Waals surface area contributed by atoms with E-state index >= 15 is 0 Å². The molecule has 0 radical (unpaired) electrons. The number of hydrogen-bond acceptors (Lipinski definition) is 3.